The lowest BCUT2D eigenvalue weighted by molar-refractivity contribution is -0.143. The van der Waals surface area contributed by atoms with Gasteiger partial charge < -0.3 is 37.9 Å². The summed E-state index contributed by atoms with van der Waals surface area (Å²) in [5, 5.41) is 0. The molecule has 0 aromatic heterocycles. The van der Waals surface area contributed by atoms with Crippen LogP contribution in [0.5, 0.6) is 0 Å². The highest BCUT2D eigenvalue weighted by Gasteiger charge is 2.11. The summed E-state index contributed by atoms with van der Waals surface area (Å²) in [6.45, 7) is 9.81. The van der Waals surface area contributed by atoms with Crippen molar-refractivity contribution in [3.63, 3.8) is 0 Å². The van der Waals surface area contributed by atoms with E-state index >= 15 is 0 Å². The van der Waals surface area contributed by atoms with E-state index in [1.165, 1.54) is 51.4 Å². The largest absolute Gasteiger partial charge is 0.461 e. The van der Waals surface area contributed by atoms with Crippen LogP contribution in [0.15, 0.2) is 24.3 Å². The number of hydrogen-bond donors (Lipinski definition) is 0. The maximum atomic E-state index is 12.0. The number of ether oxygens (including phenoxy) is 8. The number of carbonyl (C=O) groups is 2. The molecule has 0 aliphatic heterocycles. The Hall–Kier alpha value is -1.91. The second kappa shape index (κ2) is 46.6. The molecule has 0 aliphatic rings. The second-order valence-electron chi connectivity index (χ2n) is 15.0. The predicted octanol–water partition coefficient (Wildman–Crippen LogP) is 9.25. The third-order valence-electron chi connectivity index (χ3n) is 9.26. The normalized spacial score (nSPS) is 12.5. The summed E-state index contributed by atoms with van der Waals surface area (Å²) in [4.78, 5) is 24.0. The molecule has 13 nitrogen and oxygen atoms in total. The molecular formula is C46H86O13S. The molecule has 0 aliphatic carbocycles. The Morgan fingerprint density at radius 2 is 0.850 bits per heavy atom. The van der Waals surface area contributed by atoms with Crippen molar-refractivity contribution in [1.82, 2.24) is 0 Å². The lowest BCUT2D eigenvalue weighted by atomic mass is 10.1. The fourth-order valence-electron chi connectivity index (χ4n) is 5.81. The van der Waals surface area contributed by atoms with Crippen molar-refractivity contribution in [2.75, 3.05) is 98.8 Å². The summed E-state index contributed by atoms with van der Waals surface area (Å²) in [7, 11) is -3.45. The Kier molecular flexibility index (Phi) is 45.1. The summed E-state index contributed by atoms with van der Waals surface area (Å²) in [6.07, 6.45) is 31.6. The van der Waals surface area contributed by atoms with Crippen molar-refractivity contribution in [3.05, 3.63) is 24.3 Å². The Morgan fingerprint density at radius 1 is 0.450 bits per heavy atom. The average molecular weight is 879 g/mol. The molecule has 1 atom stereocenters. The topological polar surface area (TPSA) is 151 Å². The van der Waals surface area contributed by atoms with Gasteiger partial charge >= 0.3 is 11.9 Å². The van der Waals surface area contributed by atoms with E-state index in [4.69, 9.17) is 37.9 Å². The fraction of sp³-hybridized carbons (Fsp3) is 0.870. The van der Waals surface area contributed by atoms with E-state index in [9.17, 15) is 18.0 Å². The minimum Gasteiger partial charge on any atom is -0.461 e. The summed E-state index contributed by atoms with van der Waals surface area (Å²) >= 11 is 0. The molecule has 354 valence electrons. The average Bonchev–Trinajstić information content (AvgIpc) is 3.22. The smallest absolute Gasteiger partial charge is 0.306 e. The van der Waals surface area contributed by atoms with Crippen LogP contribution < -0.4 is 0 Å². The first-order valence-corrected chi connectivity index (χ1v) is 25.1. The number of unbranched alkanes of at least 4 members (excludes halogenated alkanes) is 16. The molecule has 0 aromatic carbocycles. The van der Waals surface area contributed by atoms with Crippen LogP contribution in [0.25, 0.3) is 0 Å². The van der Waals surface area contributed by atoms with Crippen LogP contribution in [-0.4, -0.2) is 125 Å². The monoisotopic (exact) mass is 879 g/mol. The molecule has 60 heavy (non-hydrogen) atoms. The number of rotatable bonds is 48. The number of allylic oxidation sites excluding steroid dienone is 2. The molecular weight excluding hydrogens is 793 g/mol. The van der Waals surface area contributed by atoms with Crippen molar-refractivity contribution in [1.29, 1.82) is 0 Å². The van der Waals surface area contributed by atoms with Crippen LogP contribution >= 0.6 is 0 Å². The quantitative estimate of drug-likeness (QED) is 0.0247. The van der Waals surface area contributed by atoms with Gasteiger partial charge in [0.05, 0.1) is 72.3 Å². The molecule has 0 rings (SSSR count). The van der Waals surface area contributed by atoms with Gasteiger partial charge in [-0.1, -0.05) is 115 Å². The maximum absolute atomic E-state index is 12.0. The zero-order valence-corrected chi connectivity index (χ0v) is 38.9. The molecule has 0 spiro atoms. The van der Waals surface area contributed by atoms with Crippen LogP contribution in [-0.2, 0) is 61.8 Å². The number of esters is 2. The van der Waals surface area contributed by atoms with Gasteiger partial charge in [-0.3, -0.25) is 13.8 Å². The minimum atomic E-state index is -3.45. The first-order chi connectivity index (χ1) is 29.3. The molecule has 0 radical (unpaired) electrons. The lowest BCUT2D eigenvalue weighted by Gasteiger charge is -2.18. The Bertz CT molecular complexity index is 1100. The van der Waals surface area contributed by atoms with Gasteiger partial charge in [-0.15, -0.1) is 0 Å². The molecule has 0 N–H and O–H groups in total. The Labute approximate surface area is 365 Å². The van der Waals surface area contributed by atoms with Crippen molar-refractivity contribution >= 4 is 22.1 Å². The van der Waals surface area contributed by atoms with Crippen LogP contribution in [0.4, 0.5) is 0 Å². The van der Waals surface area contributed by atoms with Gasteiger partial charge in [0.2, 0.25) is 0 Å². The lowest BCUT2D eigenvalue weighted by Crippen LogP contribution is -2.27. The van der Waals surface area contributed by atoms with Crippen LogP contribution in [0.2, 0.25) is 0 Å². The van der Waals surface area contributed by atoms with Gasteiger partial charge in [0, 0.05) is 26.1 Å². The highest BCUT2D eigenvalue weighted by atomic mass is 32.2. The van der Waals surface area contributed by atoms with Crippen molar-refractivity contribution < 1.29 is 60.1 Å². The number of hydrogen-bond acceptors (Lipinski definition) is 13. The Balaban J connectivity index is 4.17. The zero-order chi connectivity index (χ0) is 43.9. The van der Waals surface area contributed by atoms with Gasteiger partial charge in [0.25, 0.3) is 10.1 Å². The van der Waals surface area contributed by atoms with E-state index in [2.05, 4.69) is 30.2 Å². The molecule has 14 heteroatoms. The molecule has 0 saturated carbocycles. The van der Waals surface area contributed by atoms with E-state index in [-0.39, 0.29) is 31.3 Å². The predicted molar refractivity (Wildman–Crippen MR) is 238 cm³/mol. The molecule has 0 saturated heterocycles. The van der Waals surface area contributed by atoms with Crippen molar-refractivity contribution in [2.45, 2.75) is 161 Å². The summed E-state index contributed by atoms with van der Waals surface area (Å²) < 4.78 is 71.4. The second-order valence-corrected chi connectivity index (χ2v) is 16.7. The van der Waals surface area contributed by atoms with Gasteiger partial charge in [-0.05, 0) is 51.4 Å². The zero-order valence-electron chi connectivity index (χ0n) is 38.1. The summed E-state index contributed by atoms with van der Waals surface area (Å²) in [6, 6.07) is 0. The first-order valence-electron chi connectivity index (χ1n) is 23.2. The van der Waals surface area contributed by atoms with Gasteiger partial charge in [-0.2, -0.15) is 8.42 Å². The van der Waals surface area contributed by atoms with E-state index < -0.39 is 10.1 Å². The molecule has 0 heterocycles. The molecule has 1 unspecified atom stereocenters. The first kappa shape index (κ1) is 58.1. The van der Waals surface area contributed by atoms with Crippen LogP contribution in [0, 0.1) is 0 Å². The third kappa shape index (κ3) is 48.8. The minimum absolute atomic E-state index is 0.0154. The molecule has 0 bridgehead atoms. The van der Waals surface area contributed by atoms with Crippen molar-refractivity contribution in [2.24, 2.45) is 0 Å². The van der Waals surface area contributed by atoms with E-state index in [0.717, 1.165) is 83.3 Å². The fourth-order valence-corrected chi connectivity index (χ4v) is 6.18. The standard InChI is InChI=1S/C46H86O13S/c1-4-6-8-10-12-19-26-32-57-45(47)28-22-16-14-18-24-30-54-42-44(43-55-39-38-52-35-34-51-36-37-53-40-41-59-60(3,49)50)56-31-25-21-15-17-23-29-46(48)58-33-27-20-13-11-9-7-5-2/h19-20,26-27,44H,4-18,21-25,28-43H2,1-3H3/b26-19-,27-20-. The molecule has 0 amide bonds. The molecule has 0 fully saturated rings. The van der Waals surface area contributed by atoms with E-state index in [1.54, 1.807) is 0 Å². The van der Waals surface area contributed by atoms with Crippen molar-refractivity contribution in [3.8, 4) is 0 Å². The van der Waals surface area contributed by atoms with E-state index in [1.807, 2.05) is 12.2 Å². The highest BCUT2D eigenvalue weighted by Crippen LogP contribution is 2.10. The maximum Gasteiger partial charge on any atom is 0.306 e. The van der Waals surface area contributed by atoms with Gasteiger partial charge in [-0.25, -0.2) is 0 Å². The summed E-state index contributed by atoms with van der Waals surface area (Å²) in [5.41, 5.74) is 0. The van der Waals surface area contributed by atoms with Crippen LogP contribution in [0.1, 0.15) is 155 Å². The van der Waals surface area contributed by atoms with Crippen LogP contribution in [0.3, 0.4) is 0 Å². The third-order valence-corrected chi connectivity index (χ3v) is 9.85. The SMILES string of the molecule is CCCCCC/C=C\COC(=O)CCCCCCCOCC(COCCOCCOCCOCCOS(C)(=O)=O)OCCCCCCCC(=O)OC/C=C\CCCCCC. The summed E-state index contributed by atoms with van der Waals surface area (Å²) in [5.74, 6) is -0.249. The van der Waals surface area contributed by atoms with E-state index in [0.29, 0.717) is 92.1 Å². The Morgan fingerprint density at radius 3 is 1.33 bits per heavy atom. The molecule has 0 aromatic rings. The van der Waals surface area contributed by atoms with Gasteiger partial charge in [0.15, 0.2) is 0 Å². The number of carbonyl (C=O) groups excluding carboxylic acids is 2. The van der Waals surface area contributed by atoms with Gasteiger partial charge in [0.1, 0.15) is 19.3 Å². The highest BCUT2D eigenvalue weighted by molar-refractivity contribution is 7.85.